The van der Waals surface area contributed by atoms with Gasteiger partial charge in [0.1, 0.15) is 18.1 Å². The number of furan rings is 1. The Hall–Kier alpha value is -3.42. The van der Waals surface area contributed by atoms with E-state index in [0.29, 0.717) is 25.8 Å². The molecule has 0 saturated carbocycles. The summed E-state index contributed by atoms with van der Waals surface area (Å²) in [5.74, 6) is -0.448. The molecule has 2 heterocycles. The smallest absolute Gasteiger partial charge is 0.373 e. The van der Waals surface area contributed by atoms with Gasteiger partial charge in [-0.25, -0.2) is 4.79 Å². The highest BCUT2D eigenvalue weighted by molar-refractivity contribution is 9.11. The molecule has 10 nitrogen and oxygen atoms in total. The van der Waals surface area contributed by atoms with Gasteiger partial charge in [0, 0.05) is 12.1 Å². The number of carbonyl (C=O) groups excluding carboxylic acids is 3. The first-order chi connectivity index (χ1) is 17.7. The number of imide groups is 1. The van der Waals surface area contributed by atoms with Crippen LogP contribution in [0, 0.1) is 10.1 Å². The maximum absolute atomic E-state index is 12.9. The van der Waals surface area contributed by atoms with E-state index in [9.17, 15) is 24.5 Å². The van der Waals surface area contributed by atoms with Gasteiger partial charge in [0.25, 0.3) is 16.8 Å². The molecule has 2 aromatic carbocycles. The summed E-state index contributed by atoms with van der Waals surface area (Å²) in [5.41, 5.74) is 1.22. The molecule has 4 rings (SSSR count). The van der Waals surface area contributed by atoms with E-state index in [1.165, 1.54) is 31.4 Å². The molecule has 1 aromatic heterocycles. The van der Waals surface area contributed by atoms with Crippen molar-refractivity contribution < 1.29 is 33.2 Å². The van der Waals surface area contributed by atoms with Crippen LogP contribution in [0.5, 0.6) is 5.75 Å². The van der Waals surface area contributed by atoms with Gasteiger partial charge in [0.15, 0.2) is 0 Å². The number of esters is 1. The van der Waals surface area contributed by atoms with Crippen molar-refractivity contribution in [2.75, 3.05) is 7.11 Å². The van der Waals surface area contributed by atoms with Crippen molar-refractivity contribution in [3.63, 3.8) is 0 Å². The maximum Gasteiger partial charge on any atom is 0.373 e. The minimum absolute atomic E-state index is 0.0255. The zero-order chi connectivity index (χ0) is 26.7. The fraction of sp³-hybridized carbons (Fsp3) is 0.125. The van der Waals surface area contributed by atoms with Crippen LogP contribution >= 0.6 is 43.6 Å². The molecule has 0 spiro atoms. The second-order valence-electron chi connectivity index (χ2n) is 7.55. The van der Waals surface area contributed by atoms with Crippen LogP contribution in [0.2, 0.25) is 0 Å². The third-order valence-corrected chi connectivity index (χ3v) is 7.14. The van der Waals surface area contributed by atoms with Crippen LogP contribution in [0.3, 0.4) is 0 Å². The molecule has 0 bridgehead atoms. The van der Waals surface area contributed by atoms with E-state index < -0.39 is 22.0 Å². The quantitative estimate of drug-likeness (QED) is 0.119. The monoisotopic (exact) mass is 650 g/mol. The molecule has 0 N–H and O–H groups in total. The first-order valence-corrected chi connectivity index (χ1v) is 12.8. The Bertz CT molecular complexity index is 1430. The topological polar surface area (TPSA) is 129 Å². The van der Waals surface area contributed by atoms with Crippen LogP contribution < -0.4 is 4.74 Å². The third kappa shape index (κ3) is 6.12. The van der Waals surface area contributed by atoms with Gasteiger partial charge in [0.05, 0.1) is 32.4 Å². The molecule has 1 fully saturated rings. The Morgan fingerprint density at radius 2 is 1.89 bits per heavy atom. The first kappa shape index (κ1) is 26.6. The lowest BCUT2D eigenvalue weighted by molar-refractivity contribution is -0.384. The minimum Gasteiger partial charge on any atom is -0.487 e. The zero-order valence-corrected chi connectivity index (χ0v) is 22.9. The van der Waals surface area contributed by atoms with Crippen molar-refractivity contribution in [3.05, 3.63) is 95.1 Å². The lowest BCUT2D eigenvalue weighted by Crippen LogP contribution is -2.27. The zero-order valence-electron chi connectivity index (χ0n) is 18.9. The van der Waals surface area contributed by atoms with Gasteiger partial charge >= 0.3 is 5.97 Å². The van der Waals surface area contributed by atoms with Crippen molar-refractivity contribution in [1.82, 2.24) is 4.90 Å². The van der Waals surface area contributed by atoms with E-state index >= 15 is 0 Å². The largest absolute Gasteiger partial charge is 0.487 e. The molecule has 37 heavy (non-hydrogen) atoms. The molecule has 1 saturated heterocycles. The minimum atomic E-state index is -0.658. The summed E-state index contributed by atoms with van der Waals surface area (Å²) in [6.07, 6.45) is 1.58. The second-order valence-corrected chi connectivity index (χ2v) is 10.3. The first-order valence-electron chi connectivity index (χ1n) is 10.4. The van der Waals surface area contributed by atoms with Crippen LogP contribution in [0.1, 0.15) is 27.4 Å². The summed E-state index contributed by atoms with van der Waals surface area (Å²) in [6.45, 7) is -0.0294. The number of ether oxygens (including phenoxy) is 2. The molecule has 3 aromatic rings. The second kappa shape index (κ2) is 11.3. The summed E-state index contributed by atoms with van der Waals surface area (Å²) in [4.78, 5) is 48.7. The number of nitrogens with zero attached hydrogens (tertiary/aromatic N) is 2. The van der Waals surface area contributed by atoms with E-state index in [1.54, 1.807) is 30.3 Å². The summed E-state index contributed by atoms with van der Waals surface area (Å²) in [7, 11) is 1.22. The number of halogens is 2. The van der Waals surface area contributed by atoms with Crippen molar-refractivity contribution in [1.29, 1.82) is 0 Å². The maximum atomic E-state index is 12.9. The van der Waals surface area contributed by atoms with E-state index in [1.807, 2.05) is 0 Å². The number of amides is 2. The standard InChI is InChI=1S/C24H16Br2N2O8S/c1-34-23(30)19-6-5-16(36-19)11-27-22(29)20(37-24(27)31)10-14-8-17(25)21(18(26)9-14)35-12-13-3-2-4-15(7-13)28(32)33/h2-10H,11-12H2,1H3/b20-10+. The number of nitro groups is 1. The fourth-order valence-corrected chi connectivity index (χ4v) is 5.62. The van der Waals surface area contributed by atoms with Crippen molar-refractivity contribution in [2.45, 2.75) is 13.2 Å². The third-order valence-electron chi connectivity index (χ3n) is 5.06. The van der Waals surface area contributed by atoms with Gasteiger partial charge in [0.2, 0.25) is 5.76 Å². The summed E-state index contributed by atoms with van der Waals surface area (Å²) < 4.78 is 16.9. The SMILES string of the molecule is COC(=O)c1ccc(CN2C(=O)S/C(=C/c3cc(Br)c(OCc4cccc([N+](=O)[O-])c4)c(Br)c3)C2=O)o1. The van der Waals surface area contributed by atoms with Gasteiger partial charge < -0.3 is 13.9 Å². The predicted molar refractivity (Wildman–Crippen MR) is 141 cm³/mol. The number of carbonyl (C=O) groups is 3. The number of non-ortho nitro benzene ring substituents is 1. The number of methoxy groups -OCH3 is 1. The van der Waals surface area contributed by atoms with E-state index in [0.717, 1.165) is 16.7 Å². The Morgan fingerprint density at radius 1 is 1.16 bits per heavy atom. The van der Waals surface area contributed by atoms with E-state index in [-0.39, 0.29) is 35.3 Å². The van der Waals surface area contributed by atoms with Gasteiger partial charge in [-0.05, 0) is 85.1 Å². The predicted octanol–water partition coefficient (Wildman–Crippen LogP) is 6.31. The van der Waals surface area contributed by atoms with E-state index in [4.69, 9.17) is 9.15 Å². The van der Waals surface area contributed by atoms with Crippen molar-refractivity contribution in [2.24, 2.45) is 0 Å². The number of hydrogen-bond donors (Lipinski definition) is 0. The molecule has 190 valence electrons. The number of nitro benzene ring substituents is 1. The Morgan fingerprint density at radius 3 is 2.57 bits per heavy atom. The number of hydrogen-bond acceptors (Lipinski definition) is 9. The molecular formula is C24H16Br2N2O8S. The molecule has 1 aliphatic rings. The molecule has 2 amide bonds. The Labute approximate surface area is 231 Å². The Balaban J connectivity index is 1.47. The van der Waals surface area contributed by atoms with Gasteiger partial charge in [-0.2, -0.15) is 0 Å². The average molecular weight is 652 g/mol. The molecule has 0 unspecified atom stereocenters. The highest BCUT2D eigenvalue weighted by Crippen LogP contribution is 2.38. The number of thioether (sulfide) groups is 1. The van der Waals surface area contributed by atoms with Crippen LogP contribution in [0.25, 0.3) is 6.08 Å². The highest BCUT2D eigenvalue weighted by Gasteiger charge is 2.36. The fourth-order valence-electron chi connectivity index (χ4n) is 3.33. The van der Waals surface area contributed by atoms with Gasteiger partial charge in [-0.1, -0.05) is 12.1 Å². The van der Waals surface area contributed by atoms with Crippen molar-refractivity contribution in [3.8, 4) is 5.75 Å². The van der Waals surface area contributed by atoms with Crippen LogP contribution in [0.4, 0.5) is 10.5 Å². The summed E-state index contributed by atoms with van der Waals surface area (Å²) in [6, 6.07) is 12.5. The normalized spacial score (nSPS) is 14.4. The molecule has 1 aliphatic heterocycles. The number of rotatable bonds is 8. The summed E-state index contributed by atoms with van der Waals surface area (Å²) in [5, 5.41) is 10.5. The average Bonchev–Trinajstić information content (AvgIpc) is 3.43. The van der Waals surface area contributed by atoms with Crippen LogP contribution in [-0.4, -0.2) is 34.0 Å². The van der Waals surface area contributed by atoms with Crippen LogP contribution in [0.15, 0.2) is 66.8 Å². The van der Waals surface area contributed by atoms with Crippen molar-refractivity contribution >= 4 is 72.5 Å². The summed E-state index contributed by atoms with van der Waals surface area (Å²) >= 11 is 7.69. The van der Waals surface area contributed by atoms with Gasteiger partial charge in [-0.15, -0.1) is 0 Å². The molecular weight excluding hydrogens is 636 g/mol. The molecule has 13 heteroatoms. The van der Waals surface area contributed by atoms with E-state index in [2.05, 4.69) is 36.6 Å². The molecule has 0 radical (unpaired) electrons. The lowest BCUT2D eigenvalue weighted by Gasteiger charge is -2.12. The highest BCUT2D eigenvalue weighted by atomic mass is 79.9. The molecule has 0 aliphatic carbocycles. The van der Waals surface area contributed by atoms with Crippen LogP contribution in [-0.2, 0) is 22.7 Å². The molecule has 0 atom stereocenters. The van der Waals surface area contributed by atoms with Gasteiger partial charge in [-0.3, -0.25) is 24.6 Å². The number of benzene rings is 2. The Kier molecular flexibility index (Phi) is 8.15. The lowest BCUT2D eigenvalue weighted by atomic mass is 10.2.